The zero-order chi connectivity index (χ0) is 17.9. The number of nitrogens with one attached hydrogen (secondary N) is 1. The van der Waals surface area contributed by atoms with Crippen LogP contribution in [0.4, 0.5) is 5.82 Å². The van der Waals surface area contributed by atoms with Gasteiger partial charge in [-0.2, -0.15) is 0 Å². The first kappa shape index (κ1) is 16.6. The van der Waals surface area contributed by atoms with E-state index in [4.69, 9.17) is 0 Å². The van der Waals surface area contributed by atoms with E-state index >= 15 is 0 Å². The maximum atomic E-state index is 12.3. The topological polar surface area (TPSA) is 88.8 Å². The van der Waals surface area contributed by atoms with E-state index in [1.54, 1.807) is 17.1 Å². The normalized spacial score (nSPS) is 15.3. The Morgan fingerprint density at radius 3 is 2.77 bits per heavy atom. The van der Waals surface area contributed by atoms with Gasteiger partial charge in [-0.05, 0) is 38.1 Å². The number of hydrogen-bond donors (Lipinski definition) is 1. The van der Waals surface area contributed by atoms with Crippen LogP contribution in [-0.4, -0.2) is 55.4 Å². The molecule has 1 fully saturated rings. The van der Waals surface area contributed by atoms with Crippen LogP contribution in [0.5, 0.6) is 0 Å². The van der Waals surface area contributed by atoms with Gasteiger partial charge < -0.3 is 5.32 Å². The molecule has 0 saturated carbocycles. The maximum absolute atomic E-state index is 12.3. The Kier molecular flexibility index (Phi) is 4.57. The van der Waals surface area contributed by atoms with Gasteiger partial charge in [-0.25, -0.2) is 4.98 Å². The molecule has 1 saturated heterocycles. The SMILES string of the molecule is Cn1cc(-c2cnc3cnc(NC(=O)CN4CCCCC4)cc3c2)nn1. The molecule has 1 amide bonds. The van der Waals surface area contributed by atoms with Crippen molar-refractivity contribution in [1.82, 2.24) is 29.9 Å². The number of carbonyl (C=O) groups is 1. The molecular formula is C18H21N7O. The Hall–Kier alpha value is -2.87. The van der Waals surface area contributed by atoms with Gasteiger partial charge in [-0.3, -0.25) is 19.4 Å². The lowest BCUT2D eigenvalue weighted by Gasteiger charge is -2.25. The molecule has 1 aliphatic rings. The lowest BCUT2D eigenvalue weighted by molar-refractivity contribution is -0.117. The van der Waals surface area contributed by atoms with E-state index in [0.717, 1.165) is 35.2 Å². The number of anilines is 1. The zero-order valence-electron chi connectivity index (χ0n) is 14.7. The average Bonchev–Trinajstić information content (AvgIpc) is 3.08. The molecule has 134 valence electrons. The van der Waals surface area contributed by atoms with Gasteiger partial charge in [0.1, 0.15) is 11.5 Å². The summed E-state index contributed by atoms with van der Waals surface area (Å²) in [6.45, 7) is 2.39. The predicted molar refractivity (Wildman–Crippen MR) is 98.5 cm³/mol. The summed E-state index contributed by atoms with van der Waals surface area (Å²) in [5.41, 5.74) is 2.41. The van der Waals surface area contributed by atoms with Crippen molar-refractivity contribution in [2.24, 2.45) is 7.05 Å². The second-order valence-corrected chi connectivity index (χ2v) is 6.65. The van der Waals surface area contributed by atoms with Crippen LogP contribution in [0, 0.1) is 0 Å². The molecule has 0 aromatic carbocycles. The van der Waals surface area contributed by atoms with E-state index < -0.39 is 0 Å². The second kappa shape index (κ2) is 7.17. The highest BCUT2D eigenvalue weighted by Gasteiger charge is 2.14. The fourth-order valence-corrected chi connectivity index (χ4v) is 3.22. The summed E-state index contributed by atoms with van der Waals surface area (Å²) in [7, 11) is 1.82. The first-order valence-electron chi connectivity index (χ1n) is 8.82. The summed E-state index contributed by atoms with van der Waals surface area (Å²) >= 11 is 0. The first-order valence-corrected chi connectivity index (χ1v) is 8.82. The summed E-state index contributed by atoms with van der Waals surface area (Å²) in [6.07, 6.45) is 8.85. The van der Waals surface area contributed by atoms with Gasteiger partial charge in [0.05, 0.1) is 24.5 Å². The molecular weight excluding hydrogens is 330 g/mol. The molecule has 1 aliphatic heterocycles. The minimum Gasteiger partial charge on any atom is -0.310 e. The number of nitrogens with zero attached hydrogens (tertiary/aromatic N) is 6. The van der Waals surface area contributed by atoms with Crippen LogP contribution < -0.4 is 5.32 Å². The Bertz CT molecular complexity index is 930. The molecule has 4 rings (SSSR count). The van der Waals surface area contributed by atoms with Crippen molar-refractivity contribution in [2.45, 2.75) is 19.3 Å². The number of pyridine rings is 2. The van der Waals surface area contributed by atoms with E-state index in [-0.39, 0.29) is 5.91 Å². The molecule has 1 N–H and O–H groups in total. The third kappa shape index (κ3) is 3.70. The Labute approximate surface area is 151 Å². The van der Waals surface area contributed by atoms with E-state index in [1.807, 2.05) is 25.4 Å². The number of rotatable bonds is 4. The minimum absolute atomic E-state index is 0.0308. The smallest absolute Gasteiger partial charge is 0.239 e. The molecule has 0 aliphatic carbocycles. The molecule has 0 atom stereocenters. The highest BCUT2D eigenvalue weighted by molar-refractivity contribution is 5.93. The van der Waals surface area contributed by atoms with Gasteiger partial charge in [-0.1, -0.05) is 11.6 Å². The first-order chi connectivity index (χ1) is 12.7. The average molecular weight is 351 g/mol. The van der Waals surface area contributed by atoms with Crippen LogP contribution in [0.3, 0.4) is 0 Å². The summed E-state index contributed by atoms with van der Waals surface area (Å²) in [5, 5.41) is 11.9. The molecule has 0 radical (unpaired) electrons. The Morgan fingerprint density at radius 2 is 2.00 bits per heavy atom. The number of fused-ring (bicyclic) bond motifs is 1. The van der Waals surface area contributed by atoms with Crippen LogP contribution in [0.2, 0.25) is 0 Å². The molecule has 8 nitrogen and oxygen atoms in total. The second-order valence-electron chi connectivity index (χ2n) is 6.65. The van der Waals surface area contributed by atoms with Crippen molar-refractivity contribution in [1.29, 1.82) is 0 Å². The van der Waals surface area contributed by atoms with E-state index in [2.05, 4.69) is 30.5 Å². The molecule has 26 heavy (non-hydrogen) atoms. The monoisotopic (exact) mass is 351 g/mol. The van der Waals surface area contributed by atoms with Gasteiger partial charge in [0.25, 0.3) is 0 Å². The Balaban J connectivity index is 1.51. The molecule has 3 aromatic heterocycles. The van der Waals surface area contributed by atoms with Crippen LogP contribution in [-0.2, 0) is 11.8 Å². The largest absolute Gasteiger partial charge is 0.310 e. The number of amides is 1. The van der Waals surface area contributed by atoms with E-state index in [1.165, 1.54) is 19.3 Å². The molecule has 8 heteroatoms. The molecule has 0 unspecified atom stereocenters. The van der Waals surface area contributed by atoms with Gasteiger partial charge in [0, 0.05) is 24.2 Å². The van der Waals surface area contributed by atoms with Crippen LogP contribution >= 0.6 is 0 Å². The van der Waals surface area contributed by atoms with Crippen molar-refractivity contribution in [2.75, 3.05) is 25.0 Å². The highest BCUT2D eigenvalue weighted by atomic mass is 16.2. The van der Waals surface area contributed by atoms with Crippen molar-refractivity contribution in [3.63, 3.8) is 0 Å². The number of piperidine rings is 1. The lowest BCUT2D eigenvalue weighted by Crippen LogP contribution is -2.36. The minimum atomic E-state index is -0.0308. The predicted octanol–water partition coefficient (Wildman–Crippen LogP) is 1.85. The summed E-state index contributed by atoms with van der Waals surface area (Å²) in [6, 6.07) is 3.82. The van der Waals surface area contributed by atoms with E-state index in [9.17, 15) is 4.79 Å². The number of likely N-dealkylation sites (tertiary alicyclic amines) is 1. The summed E-state index contributed by atoms with van der Waals surface area (Å²) < 4.78 is 1.65. The lowest BCUT2D eigenvalue weighted by atomic mass is 10.1. The fraction of sp³-hybridized carbons (Fsp3) is 0.389. The van der Waals surface area contributed by atoms with Gasteiger partial charge in [-0.15, -0.1) is 5.10 Å². The van der Waals surface area contributed by atoms with Crippen LogP contribution in [0.25, 0.3) is 22.2 Å². The third-order valence-corrected chi connectivity index (χ3v) is 4.55. The van der Waals surface area contributed by atoms with Gasteiger partial charge in [0.15, 0.2) is 0 Å². The van der Waals surface area contributed by atoms with Crippen molar-refractivity contribution in [3.05, 3.63) is 30.7 Å². The van der Waals surface area contributed by atoms with Crippen LogP contribution in [0.1, 0.15) is 19.3 Å². The Morgan fingerprint density at radius 1 is 1.15 bits per heavy atom. The number of aromatic nitrogens is 5. The molecule has 3 aromatic rings. The zero-order valence-corrected chi connectivity index (χ0v) is 14.7. The summed E-state index contributed by atoms with van der Waals surface area (Å²) in [5.74, 6) is 0.509. The van der Waals surface area contributed by atoms with Gasteiger partial charge >= 0.3 is 0 Å². The fourth-order valence-electron chi connectivity index (χ4n) is 3.22. The number of hydrogen-bond acceptors (Lipinski definition) is 6. The number of carbonyl (C=O) groups excluding carboxylic acids is 1. The van der Waals surface area contributed by atoms with Crippen molar-refractivity contribution >= 4 is 22.6 Å². The van der Waals surface area contributed by atoms with Crippen LogP contribution in [0.15, 0.2) is 30.7 Å². The quantitative estimate of drug-likeness (QED) is 0.772. The maximum Gasteiger partial charge on any atom is 0.239 e. The van der Waals surface area contributed by atoms with Crippen molar-refractivity contribution < 1.29 is 4.79 Å². The molecule has 0 spiro atoms. The summed E-state index contributed by atoms with van der Waals surface area (Å²) in [4.78, 5) is 23.2. The number of aryl methyl sites for hydroxylation is 1. The van der Waals surface area contributed by atoms with Crippen molar-refractivity contribution in [3.8, 4) is 11.3 Å². The highest BCUT2D eigenvalue weighted by Crippen LogP contribution is 2.22. The standard InChI is InChI=1S/C18H21N7O/c1-24-11-16(22-23-24)14-7-13-8-17(20-10-15(13)19-9-14)21-18(26)12-25-5-3-2-4-6-25/h7-11H,2-6,12H2,1H3,(H,20,21,26). The molecule has 4 heterocycles. The molecule has 0 bridgehead atoms. The third-order valence-electron chi connectivity index (χ3n) is 4.55. The van der Waals surface area contributed by atoms with E-state index in [0.29, 0.717) is 12.4 Å². The van der Waals surface area contributed by atoms with Gasteiger partial charge in [0.2, 0.25) is 5.91 Å².